The third kappa shape index (κ3) is 3.22. The van der Waals surface area contributed by atoms with Crippen molar-refractivity contribution in [3.05, 3.63) is 21.2 Å². The number of halogens is 4. The lowest BCUT2D eigenvalue weighted by atomic mass is 10.5. The summed E-state index contributed by atoms with van der Waals surface area (Å²) in [6, 6.07) is 0. The van der Waals surface area contributed by atoms with Crippen LogP contribution >= 0.6 is 15.9 Å². The number of aromatic nitrogens is 2. The number of nitrogens with zero attached hydrogens (tertiary/aromatic N) is 2. The minimum absolute atomic E-state index is 0.0169. The van der Waals surface area contributed by atoms with E-state index in [0.29, 0.717) is 0 Å². The predicted octanol–water partition coefficient (Wildman–Crippen LogP) is 1.53. The second-order valence-electron chi connectivity index (χ2n) is 2.84. The molecule has 1 N–H and O–H groups in total. The average Bonchev–Trinajstić information content (AvgIpc) is 2.06. The molecule has 1 aromatic rings. The SMILES string of the molecule is CN(CC(F)(F)F)c1nc[nH]c(=O)c1Br. The van der Waals surface area contributed by atoms with E-state index in [9.17, 15) is 18.0 Å². The lowest BCUT2D eigenvalue weighted by molar-refractivity contribution is -0.119. The van der Waals surface area contributed by atoms with Gasteiger partial charge in [-0.15, -0.1) is 0 Å². The van der Waals surface area contributed by atoms with Crippen molar-refractivity contribution in [2.45, 2.75) is 6.18 Å². The van der Waals surface area contributed by atoms with Gasteiger partial charge in [0.15, 0.2) is 0 Å². The Bertz CT molecular complexity index is 403. The first kappa shape index (κ1) is 12.0. The van der Waals surface area contributed by atoms with Gasteiger partial charge in [-0.25, -0.2) is 4.98 Å². The Kier molecular flexibility index (Phi) is 3.38. The van der Waals surface area contributed by atoms with E-state index in [2.05, 4.69) is 25.9 Å². The monoisotopic (exact) mass is 285 g/mol. The summed E-state index contributed by atoms with van der Waals surface area (Å²) in [6.07, 6.45) is -3.28. The molecular formula is C7H7BrF3N3O. The van der Waals surface area contributed by atoms with Crippen LogP contribution in [0.4, 0.5) is 19.0 Å². The molecule has 0 atom stereocenters. The molecule has 0 aliphatic carbocycles. The van der Waals surface area contributed by atoms with E-state index in [1.54, 1.807) is 0 Å². The van der Waals surface area contributed by atoms with Gasteiger partial charge < -0.3 is 9.88 Å². The summed E-state index contributed by atoms with van der Waals surface area (Å²) in [4.78, 5) is 17.8. The summed E-state index contributed by atoms with van der Waals surface area (Å²) < 4.78 is 36.1. The van der Waals surface area contributed by atoms with Crippen molar-refractivity contribution in [2.24, 2.45) is 0 Å². The van der Waals surface area contributed by atoms with Gasteiger partial charge in [-0.1, -0.05) is 0 Å². The second-order valence-corrected chi connectivity index (χ2v) is 3.63. The number of alkyl halides is 3. The molecule has 0 aliphatic heterocycles. The van der Waals surface area contributed by atoms with Crippen molar-refractivity contribution in [3.8, 4) is 0 Å². The molecule has 0 aromatic carbocycles. The van der Waals surface area contributed by atoms with Crippen molar-refractivity contribution in [2.75, 3.05) is 18.5 Å². The fraction of sp³-hybridized carbons (Fsp3) is 0.429. The number of rotatable bonds is 2. The van der Waals surface area contributed by atoms with E-state index in [4.69, 9.17) is 0 Å². The van der Waals surface area contributed by atoms with E-state index in [1.165, 1.54) is 7.05 Å². The maximum Gasteiger partial charge on any atom is 0.405 e. The maximum atomic E-state index is 12.1. The van der Waals surface area contributed by atoms with Gasteiger partial charge in [0.25, 0.3) is 5.56 Å². The minimum atomic E-state index is -4.33. The first-order valence-corrected chi connectivity index (χ1v) is 4.61. The Labute approximate surface area is 91.3 Å². The number of H-pyrrole nitrogens is 1. The van der Waals surface area contributed by atoms with E-state index in [0.717, 1.165) is 11.2 Å². The summed E-state index contributed by atoms with van der Waals surface area (Å²) >= 11 is 2.87. The highest BCUT2D eigenvalue weighted by Gasteiger charge is 2.30. The van der Waals surface area contributed by atoms with Crippen LogP contribution in [-0.4, -0.2) is 29.7 Å². The molecule has 1 aromatic heterocycles. The molecule has 0 fully saturated rings. The van der Waals surface area contributed by atoms with Crippen LogP contribution < -0.4 is 10.5 Å². The Morgan fingerprint density at radius 2 is 2.20 bits per heavy atom. The van der Waals surface area contributed by atoms with Gasteiger partial charge in [0.05, 0.1) is 6.33 Å². The third-order valence-corrected chi connectivity index (χ3v) is 2.27. The fourth-order valence-electron chi connectivity index (χ4n) is 0.984. The topological polar surface area (TPSA) is 49.0 Å². The second kappa shape index (κ2) is 4.21. The lowest BCUT2D eigenvalue weighted by Crippen LogP contribution is -2.32. The van der Waals surface area contributed by atoms with Crippen molar-refractivity contribution < 1.29 is 13.2 Å². The largest absolute Gasteiger partial charge is 0.405 e. The number of aromatic amines is 1. The van der Waals surface area contributed by atoms with E-state index < -0.39 is 18.3 Å². The van der Waals surface area contributed by atoms with Gasteiger partial charge >= 0.3 is 6.18 Å². The van der Waals surface area contributed by atoms with Crippen molar-refractivity contribution in [3.63, 3.8) is 0 Å². The zero-order chi connectivity index (χ0) is 11.6. The van der Waals surface area contributed by atoms with Crippen molar-refractivity contribution in [1.82, 2.24) is 9.97 Å². The summed E-state index contributed by atoms with van der Waals surface area (Å²) in [6.45, 7) is -1.16. The Hall–Kier alpha value is -1.05. The number of anilines is 1. The molecule has 0 saturated heterocycles. The molecule has 15 heavy (non-hydrogen) atoms. The van der Waals surface area contributed by atoms with Crippen LogP contribution in [0.15, 0.2) is 15.6 Å². The summed E-state index contributed by atoms with van der Waals surface area (Å²) in [5.74, 6) is -0.0453. The lowest BCUT2D eigenvalue weighted by Gasteiger charge is -2.20. The Balaban J connectivity index is 2.97. The van der Waals surface area contributed by atoms with Gasteiger partial charge in [0.1, 0.15) is 16.8 Å². The van der Waals surface area contributed by atoms with Gasteiger partial charge in [-0.05, 0) is 15.9 Å². The first-order chi connectivity index (χ1) is 6.81. The molecular weight excluding hydrogens is 279 g/mol. The molecule has 0 saturated carbocycles. The molecule has 0 aliphatic rings. The van der Waals surface area contributed by atoms with Gasteiger partial charge in [0.2, 0.25) is 0 Å². The highest BCUT2D eigenvalue weighted by molar-refractivity contribution is 9.10. The Morgan fingerprint density at radius 1 is 1.60 bits per heavy atom. The highest BCUT2D eigenvalue weighted by Crippen LogP contribution is 2.22. The zero-order valence-electron chi connectivity index (χ0n) is 7.60. The van der Waals surface area contributed by atoms with Crippen LogP contribution in [0.2, 0.25) is 0 Å². The van der Waals surface area contributed by atoms with E-state index in [1.807, 2.05) is 0 Å². The molecule has 1 heterocycles. The van der Waals surface area contributed by atoms with Crippen LogP contribution in [0.5, 0.6) is 0 Å². The van der Waals surface area contributed by atoms with Gasteiger partial charge in [-0.3, -0.25) is 4.79 Å². The zero-order valence-corrected chi connectivity index (χ0v) is 9.18. The van der Waals surface area contributed by atoms with E-state index >= 15 is 0 Å². The van der Waals surface area contributed by atoms with Crippen molar-refractivity contribution in [1.29, 1.82) is 0 Å². The van der Waals surface area contributed by atoms with Crippen LogP contribution in [0.3, 0.4) is 0 Å². The molecule has 0 amide bonds. The standard InChI is InChI=1S/C7H7BrF3N3O/c1-14(2-7(9,10)11)5-4(8)6(15)13-3-12-5/h3H,2H2,1H3,(H,12,13,15). The molecule has 84 valence electrons. The molecule has 0 radical (unpaired) electrons. The smallest absolute Gasteiger partial charge is 0.349 e. The molecule has 0 bridgehead atoms. The average molecular weight is 286 g/mol. The van der Waals surface area contributed by atoms with Crippen LogP contribution in [0.25, 0.3) is 0 Å². The van der Waals surface area contributed by atoms with Crippen LogP contribution in [0.1, 0.15) is 0 Å². The maximum absolute atomic E-state index is 12.1. The van der Waals surface area contributed by atoms with Crippen LogP contribution in [-0.2, 0) is 0 Å². The summed E-state index contributed by atoms with van der Waals surface area (Å²) in [5.41, 5.74) is -0.519. The number of nitrogens with one attached hydrogen (secondary N) is 1. The highest BCUT2D eigenvalue weighted by atomic mass is 79.9. The normalized spacial score (nSPS) is 11.5. The van der Waals surface area contributed by atoms with Gasteiger partial charge in [-0.2, -0.15) is 13.2 Å². The molecule has 4 nitrogen and oxygen atoms in total. The fourth-order valence-corrected chi connectivity index (χ4v) is 1.50. The number of hydrogen-bond acceptors (Lipinski definition) is 3. The van der Waals surface area contributed by atoms with Crippen LogP contribution in [0, 0.1) is 0 Å². The minimum Gasteiger partial charge on any atom is -0.349 e. The molecule has 0 unspecified atom stereocenters. The Morgan fingerprint density at radius 3 is 2.73 bits per heavy atom. The predicted molar refractivity (Wildman–Crippen MR) is 51.9 cm³/mol. The van der Waals surface area contributed by atoms with Crippen molar-refractivity contribution >= 4 is 21.7 Å². The first-order valence-electron chi connectivity index (χ1n) is 3.82. The van der Waals surface area contributed by atoms with Gasteiger partial charge in [0, 0.05) is 7.05 Å². The molecule has 0 spiro atoms. The third-order valence-electron chi connectivity index (χ3n) is 1.56. The quantitative estimate of drug-likeness (QED) is 0.897. The summed E-state index contributed by atoms with van der Waals surface area (Å²) in [5, 5.41) is 0. The molecule has 8 heteroatoms. The van der Waals surface area contributed by atoms with E-state index in [-0.39, 0.29) is 10.3 Å². The molecule has 1 rings (SSSR count). The number of hydrogen-bond donors (Lipinski definition) is 1. The summed E-state index contributed by atoms with van der Waals surface area (Å²) in [7, 11) is 1.21.